The van der Waals surface area contributed by atoms with Gasteiger partial charge in [-0.2, -0.15) is 25.3 Å². The molecule has 402 valence electrons. The molecule has 0 aliphatic heterocycles. The Labute approximate surface area is 440 Å². The molecule has 15 N–H and O–H groups in total. The third kappa shape index (κ3) is 17.8. The summed E-state index contributed by atoms with van der Waals surface area (Å²) in [6.45, 7) is 7.25. The number of aliphatic hydroxyl groups excluding tert-OH is 2. The Bertz CT molecular complexity index is 2560. The SMILES string of the molecule is CCCC[C@H](NC(=O)[C@@H](Cc1c[nH]c2ccccc12)NC(=O)[C@H](Cc1ccc(O)cc1)NC(=O)[C@H](CS)NC(=O)[C@H](N)Cc1ccccc1)C(=O)N[C@H](C(=O)N[C@H](C(=O)N[C@H](C(N)=O)[C@@H](C)O)C(C)(C)S)[C@@H](C)O. The molecule has 74 heavy (non-hydrogen) atoms. The Hall–Kier alpha value is -6.66. The number of H-pyrrole nitrogens is 1. The molecule has 0 saturated heterocycles. The van der Waals surface area contributed by atoms with E-state index in [0.29, 0.717) is 24.0 Å². The Kier molecular flexibility index (Phi) is 22.8. The van der Waals surface area contributed by atoms with Crippen molar-refractivity contribution >= 4 is 83.4 Å². The fraction of sp³-hybridized carbons (Fsp3) is 0.451. The van der Waals surface area contributed by atoms with Gasteiger partial charge in [0.25, 0.3) is 0 Å². The highest BCUT2D eigenvalue weighted by Crippen LogP contribution is 2.21. The molecule has 23 heteroatoms. The number of aliphatic hydroxyl groups is 2. The molecule has 0 fully saturated rings. The lowest BCUT2D eigenvalue weighted by Crippen LogP contribution is -2.64. The quantitative estimate of drug-likeness (QED) is 0.0326. The van der Waals surface area contributed by atoms with Crippen LogP contribution in [0.5, 0.6) is 5.75 Å². The van der Waals surface area contributed by atoms with E-state index < -0.39 is 113 Å². The van der Waals surface area contributed by atoms with Crippen molar-refractivity contribution in [1.82, 2.24) is 42.2 Å². The highest BCUT2D eigenvalue weighted by atomic mass is 32.1. The minimum absolute atomic E-state index is 0.0316. The minimum atomic E-state index is -1.71. The minimum Gasteiger partial charge on any atom is -0.508 e. The van der Waals surface area contributed by atoms with Crippen LogP contribution < -0.4 is 48.7 Å². The second-order valence-corrected chi connectivity index (χ2v) is 20.3. The average molecular weight is 1060 g/mol. The smallest absolute Gasteiger partial charge is 0.245 e. The number of hydrogen-bond acceptors (Lipinski definition) is 14. The number of amides is 8. The van der Waals surface area contributed by atoms with Crippen molar-refractivity contribution in [2.24, 2.45) is 11.5 Å². The third-order valence-corrected chi connectivity index (χ3v) is 12.7. The molecule has 0 saturated carbocycles. The highest BCUT2D eigenvalue weighted by Gasteiger charge is 2.40. The van der Waals surface area contributed by atoms with E-state index in [1.807, 2.05) is 43.3 Å². The van der Waals surface area contributed by atoms with Crippen LogP contribution in [0.3, 0.4) is 0 Å². The first kappa shape index (κ1) is 59.9. The number of aromatic nitrogens is 1. The maximum Gasteiger partial charge on any atom is 0.245 e. The molecule has 0 unspecified atom stereocenters. The number of phenols is 1. The van der Waals surface area contributed by atoms with Crippen molar-refractivity contribution in [3.63, 3.8) is 0 Å². The molecular weight excluding hydrogens is 993 g/mol. The van der Waals surface area contributed by atoms with Crippen molar-refractivity contribution in [1.29, 1.82) is 0 Å². The van der Waals surface area contributed by atoms with Gasteiger partial charge in [0.05, 0.1) is 18.2 Å². The number of fused-ring (bicyclic) bond motifs is 1. The molecule has 0 aliphatic rings. The number of benzene rings is 3. The molecule has 4 aromatic rings. The normalized spacial score (nSPS) is 15.5. The van der Waals surface area contributed by atoms with Gasteiger partial charge < -0.3 is 69.0 Å². The first-order chi connectivity index (χ1) is 34.9. The van der Waals surface area contributed by atoms with Gasteiger partial charge in [0, 0.05) is 40.4 Å². The number of hydrogen-bond donors (Lipinski definition) is 15. The van der Waals surface area contributed by atoms with Crippen molar-refractivity contribution in [3.8, 4) is 5.75 Å². The number of carbonyl (C=O) groups is 8. The summed E-state index contributed by atoms with van der Waals surface area (Å²) in [6, 6.07) is 11.0. The summed E-state index contributed by atoms with van der Waals surface area (Å²) >= 11 is 8.75. The van der Waals surface area contributed by atoms with E-state index >= 15 is 0 Å². The van der Waals surface area contributed by atoms with E-state index in [4.69, 9.17) is 11.5 Å². The molecule has 0 bridgehead atoms. The topological polar surface area (TPSA) is 349 Å². The van der Waals surface area contributed by atoms with Crippen LogP contribution in [-0.4, -0.2) is 139 Å². The second-order valence-electron chi connectivity index (χ2n) is 18.8. The summed E-state index contributed by atoms with van der Waals surface area (Å²) in [5, 5.41) is 49.6. The van der Waals surface area contributed by atoms with Crippen molar-refractivity contribution in [3.05, 3.63) is 102 Å². The van der Waals surface area contributed by atoms with Crippen LogP contribution in [0, 0.1) is 0 Å². The van der Waals surface area contributed by atoms with Crippen LogP contribution in [-0.2, 0) is 57.6 Å². The predicted molar refractivity (Wildman–Crippen MR) is 284 cm³/mol. The molecule has 1 aromatic heterocycles. The van der Waals surface area contributed by atoms with Crippen LogP contribution in [0.25, 0.3) is 10.9 Å². The van der Waals surface area contributed by atoms with E-state index in [1.54, 1.807) is 36.5 Å². The van der Waals surface area contributed by atoms with Crippen molar-refractivity contribution in [2.45, 2.75) is 138 Å². The number of thiol groups is 2. The summed E-state index contributed by atoms with van der Waals surface area (Å²) in [5.74, 6) is -7.27. The number of phenolic OH excluding ortho intramolecular Hbond substituents is 1. The molecule has 3 aromatic carbocycles. The number of aromatic amines is 1. The first-order valence-corrected chi connectivity index (χ1v) is 25.3. The van der Waals surface area contributed by atoms with E-state index in [2.05, 4.69) is 67.5 Å². The van der Waals surface area contributed by atoms with E-state index in [-0.39, 0.29) is 37.2 Å². The largest absolute Gasteiger partial charge is 0.508 e. The summed E-state index contributed by atoms with van der Waals surface area (Å²) in [4.78, 5) is 113. The maximum atomic E-state index is 14.7. The van der Waals surface area contributed by atoms with E-state index in [9.17, 15) is 53.7 Å². The van der Waals surface area contributed by atoms with Crippen LogP contribution in [0.15, 0.2) is 85.1 Å². The van der Waals surface area contributed by atoms with Crippen molar-refractivity contribution in [2.75, 3.05) is 5.75 Å². The fourth-order valence-electron chi connectivity index (χ4n) is 7.85. The summed E-state index contributed by atoms with van der Waals surface area (Å²) in [6.07, 6.45) is -0.414. The number of carbonyl (C=O) groups excluding carboxylic acids is 8. The molecule has 0 spiro atoms. The van der Waals surface area contributed by atoms with Gasteiger partial charge in [0.2, 0.25) is 47.3 Å². The lowest BCUT2D eigenvalue weighted by molar-refractivity contribution is -0.137. The zero-order valence-corrected chi connectivity index (χ0v) is 43.8. The van der Waals surface area contributed by atoms with Gasteiger partial charge in [-0.15, -0.1) is 0 Å². The Morgan fingerprint density at radius 2 is 1.14 bits per heavy atom. The number of para-hydroxylation sites is 1. The van der Waals surface area contributed by atoms with Gasteiger partial charge in [-0.1, -0.05) is 80.4 Å². The Balaban J connectivity index is 1.63. The average Bonchev–Trinajstić information content (AvgIpc) is 3.76. The third-order valence-electron chi connectivity index (χ3n) is 12.1. The molecule has 10 atom stereocenters. The maximum absolute atomic E-state index is 14.7. The molecule has 8 amide bonds. The lowest BCUT2D eigenvalue weighted by Gasteiger charge is -2.33. The predicted octanol–water partition coefficient (Wildman–Crippen LogP) is -0.302. The number of aromatic hydroxyl groups is 1. The molecule has 4 rings (SSSR count). The lowest BCUT2D eigenvalue weighted by atomic mass is 9.99. The van der Waals surface area contributed by atoms with Crippen LogP contribution >= 0.6 is 25.3 Å². The summed E-state index contributed by atoms with van der Waals surface area (Å²) < 4.78 is -1.32. The van der Waals surface area contributed by atoms with Crippen LogP contribution in [0.1, 0.15) is 70.6 Å². The van der Waals surface area contributed by atoms with Crippen LogP contribution in [0.2, 0.25) is 0 Å². The van der Waals surface area contributed by atoms with Gasteiger partial charge in [-0.25, -0.2) is 0 Å². The summed E-state index contributed by atoms with van der Waals surface area (Å²) in [5.41, 5.74) is 14.2. The number of nitrogens with one attached hydrogen (secondary N) is 8. The highest BCUT2D eigenvalue weighted by molar-refractivity contribution is 7.81. The molecule has 1 heterocycles. The Morgan fingerprint density at radius 3 is 1.70 bits per heavy atom. The molecule has 0 aliphatic carbocycles. The zero-order chi connectivity index (χ0) is 54.9. The van der Waals surface area contributed by atoms with Gasteiger partial charge in [-0.3, -0.25) is 38.4 Å². The van der Waals surface area contributed by atoms with E-state index in [1.165, 1.54) is 39.8 Å². The fourth-order valence-corrected chi connectivity index (χ4v) is 8.29. The van der Waals surface area contributed by atoms with Gasteiger partial charge in [0.15, 0.2) is 0 Å². The Morgan fingerprint density at radius 1 is 0.622 bits per heavy atom. The van der Waals surface area contributed by atoms with Gasteiger partial charge >= 0.3 is 0 Å². The monoisotopic (exact) mass is 1060 g/mol. The number of unbranched alkanes of at least 4 members (excludes halogenated alkanes) is 1. The van der Waals surface area contributed by atoms with Gasteiger partial charge in [0.1, 0.15) is 48.0 Å². The number of rotatable bonds is 28. The summed E-state index contributed by atoms with van der Waals surface area (Å²) in [7, 11) is 0. The first-order valence-electron chi connectivity index (χ1n) is 24.2. The second kappa shape index (κ2) is 28.1. The number of primary amides is 1. The van der Waals surface area contributed by atoms with E-state index in [0.717, 1.165) is 16.5 Å². The molecular formula is C51H70N10O11S2. The standard InChI is InChI=1S/C51H70N10O11S2/c1-6-7-16-36(45(67)60-41(28(3)63)49(71)61-42(51(4,5)74)50(72)59-40(27(2)62)43(53)65)55-47(69)38(24-31-25-54-35-17-12-11-15-33(31)35)57-46(68)37(23-30-18-20-32(64)21-19-30)56-48(70)39(26-73)58-44(66)34(52)22-29-13-9-8-10-14-29/h8-15,17-21,25,27-28,34,36-42,54,62-64,73-74H,6-7,16,22-24,26,52H2,1-5H3,(H2,53,65)(H,55,69)(H,56,70)(H,57,68)(H,58,66)(H,59,72)(H,60,67)(H,61,71)/t27-,28-,34-,36+,37+,38-,39+,40+,41+,42-/m1/s1. The van der Waals surface area contributed by atoms with Crippen molar-refractivity contribution < 1.29 is 53.7 Å². The molecule has 0 radical (unpaired) electrons. The van der Waals surface area contributed by atoms with Gasteiger partial charge in [-0.05, 0) is 75.4 Å². The molecule has 21 nitrogen and oxygen atoms in total. The zero-order valence-electron chi connectivity index (χ0n) is 42.0. The number of nitrogens with two attached hydrogens (primary N) is 2. The van der Waals surface area contributed by atoms with Crippen LogP contribution in [0.4, 0.5) is 0 Å².